The minimum atomic E-state index is -0.461. The summed E-state index contributed by atoms with van der Waals surface area (Å²) in [6.07, 6.45) is 0.0140. The summed E-state index contributed by atoms with van der Waals surface area (Å²) in [5, 5.41) is 0.904. The van der Waals surface area contributed by atoms with Crippen LogP contribution in [-0.4, -0.2) is 15.4 Å². The van der Waals surface area contributed by atoms with Gasteiger partial charge in [0.1, 0.15) is 6.61 Å². The lowest BCUT2D eigenvalue weighted by Crippen LogP contribution is -2.15. The van der Waals surface area contributed by atoms with Crippen LogP contribution in [0.4, 0.5) is 0 Å². The number of nitrogens with zero attached hydrogens (tertiary/aromatic N) is 2. The summed E-state index contributed by atoms with van der Waals surface area (Å²) < 4.78 is 7.78. The maximum absolute atomic E-state index is 12.4. The molecule has 0 radical (unpaired) electrons. The molecule has 136 valence electrons. The van der Waals surface area contributed by atoms with Crippen molar-refractivity contribution in [3.63, 3.8) is 0 Å². The summed E-state index contributed by atoms with van der Waals surface area (Å²) in [4.78, 5) is 29.5. The number of halogens is 2. The third kappa shape index (κ3) is 3.69. The van der Waals surface area contributed by atoms with E-state index in [0.717, 1.165) is 10.2 Å². The molecule has 2 aromatic carbocycles. The van der Waals surface area contributed by atoms with Gasteiger partial charge in [-0.2, -0.15) is 0 Å². The van der Waals surface area contributed by atoms with Gasteiger partial charge in [0, 0.05) is 16.1 Å². The highest BCUT2D eigenvalue weighted by atomic mass is 35.5. The fourth-order valence-corrected chi connectivity index (χ4v) is 4.25. The second kappa shape index (κ2) is 7.31. The van der Waals surface area contributed by atoms with Crippen molar-refractivity contribution < 1.29 is 9.53 Å². The van der Waals surface area contributed by atoms with Gasteiger partial charge < -0.3 is 4.74 Å². The fourth-order valence-electron chi connectivity index (χ4n) is 2.72. The van der Waals surface area contributed by atoms with Crippen LogP contribution in [0.15, 0.2) is 53.3 Å². The molecule has 0 atom stereocenters. The van der Waals surface area contributed by atoms with Gasteiger partial charge >= 0.3 is 5.97 Å². The molecule has 0 fully saturated rings. The van der Waals surface area contributed by atoms with Crippen LogP contribution in [-0.2, 0) is 22.6 Å². The minimum absolute atomic E-state index is 0.0140. The molecule has 0 saturated heterocycles. The number of esters is 1. The first-order valence-corrected chi connectivity index (χ1v) is 9.58. The van der Waals surface area contributed by atoms with Crippen LogP contribution >= 0.6 is 34.5 Å². The lowest BCUT2D eigenvalue weighted by Gasteiger charge is -2.06. The van der Waals surface area contributed by atoms with Crippen molar-refractivity contribution in [2.24, 2.45) is 0 Å². The monoisotopic (exact) mass is 418 g/mol. The number of fused-ring (bicyclic) bond motifs is 3. The van der Waals surface area contributed by atoms with Gasteiger partial charge in [0.2, 0.25) is 0 Å². The largest absolute Gasteiger partial charge is 0.459 e. The normalized spacial score (nSPS) is 11.2. The molecular formula is C19H12Cl2N2O3S. The van der Waals surface area contributed by atoms with E-state index in [0.29, 0.717) is 26.3 Å². The average molecular weight is 419 g/mol. The Kier molecular flexibility index (Phi) is 4.86. The highest BCUT2D eigenvalue weighted by molar-refractivity contribution is 7.23. The zero-order valence-corrected chi connectivity index (χ0v) is 16.1. The molecule has 0 unspecified atom stereocenters. The number of ether oxygens (including phenoxy) is 1. The first-order valence-electron chi connectivity index (χ1n) is 8.01. The molecule has 0 saturated carbocycles. The molecule has 0 spiro atoms. The first-order chi connectivity index (χ1) is 13.0. The Balaban J connectivity index is 1.52. The van der Waals surface area contributed by atoms with Crippen molar-refractivity contribution in [3.05, 3.63) is 80.2 Å². The Labute approximate surface area is 167 Å². The van der Waals surface area contributed by atoms with Crippen LogP contribution in [0, 0.1) is 0 Å². The third-order valence-corrected chi connectivity index (χ3v) is 5.59. The second-order valence-electron chi connectivity index (χ2n) is 5.85. The summed E-state index contributed by atoms with van der Waals surface area (Å²) in [6, 6.07) is 13.9. The fraction of sp³-hybridized carbons (Fsp3) is 0.105. The summed E-state index contributed by atoms with van der Waals surface area (Å²) in [5.41, 5.74) is 1.64. The van der Waals surface area contributed by atoms with Crippen LogP contribution in [0.25, 0.3) is 15.2 Å². The van der Waals surface area contributed by atoms with Crippen molar-refractivity contribution in [3.8, 4) is 0 Å². The molecule has 0 aliphatic rings. The Bertz CT molecular complexity index is 1230. The van der Waals surface area contributed by atoms with E-state index in [2.05, 4.69) is 4.98 Å². The van der Waals surface area contributed by atoms with E-state index in [1.54, 1.807) is 22.6 Å². The van der Waals surface area contributed by atoms with Crippen molar-refractivity contribution in [1.82, 2.24) is 9.38 Å². The van der Waals surface area contributed by atoms with Crippen molar-refractivity contribution in [1.29, 1.82) is 0 Å². The number of carbonyl (C=O) groups excluding carboxylic acids is 1. The topological polar surface area (TPSA) is 60.7 Å². The van der Waals surface area contributed by atoms with E-state index >= 15 is 0 Å². The van der Waals surface area contributed by atoms with Gasteiger partial charge in [-0.05, 0) is 29.8 Å². The van der Waals surface area contributed by atoms with Gasteiger partial charge in [-0.15, -0.1) is 0 Å². The SMILES string of the molecule is O=C(Cc1ccc(Cl)cc1Cl)OCc1cc(=O)n2c(n1)sc1ccccc12. The predicted octanol–water partition coefficient (Wildman–Crippen LogP) is 4.50. The highest BCUT2D eigenvalue weighted by Crippen LogP contribution is 2.24. The van der Waals surface area contributed by atoms with Gasteiger partial charge in [0.05, 0.1) is 22.3 Å². The van der Waals surface area contributed by atoms with Gasteiger partial charge in [-0.25, -0.2) is 4.98 Å². The number of para-hydroxylation sites is 1. The van der Waals surface area contributed by atoms with Gasteiger partial charge in [0.25, 0.3) is 5.56 Å². The molecule has 27 heavy (non-hydrogen) atoms. The van der Waals surface area contributed by atoms with E-state index in [1.165, 1.54) is 17.4 Å². The van der Waals surface area contributed by atoms with Crippen LogP contribution in [0.1, 0.15) is 11.3 Å². The Hall–Kier alpha value is -2.41. The molecule has 2 aromatic heterocycles. The summed E-state index contributed by atoms with van der Waals surface area (Å²) in [7, 11) is 0. The Morgan fingerprint density at radius 2 is 1.96 bits per heavy atom. The van der Waals surface area contributed by atoms with Gasteiger partial charge in [-0.3, -0.25) is 14.0 Å². The number of hydrogen-bond acceptors (Lipinski definition) is 5. The molecular weight excluding hydrogens is 407 g/mol. The number of hydrogen-bond donors (Lipinski definition) is 0. The van der Waals surface area contributed by atoms with Crippen LogP contribution in [0.3, 0.4) is 0 Å². The van der Waals surface area contributed by atoms with Crippen molar-refractivity contribution in [2.45, 2.75) is 13.0 Å². The van der Waals surface area contributed by atoms with Gasteiger partial charge in [0.15, 0.2) is 4.96 Å². The third-order valence-electron chi connectivity index (χ3n) is 3.98. The highest BCUT2D eigenvalue weighted by Gasteiger charge is 2.12. The van der Waals surface area contributed by atoms with E-state index in [-0.39, 0.29) is 18.6 Å². The average Bonchev–Trinajstić information content (AvgIpc) is 3.01. The lowest BCUT2D eigenvalue weighted by atomic mass is 10.1. The molecule has 4 aromatic rings. The zero-order valence-electron chi connectivity index (χ0n) is 13.8. The number of thiazole rings is 1. The molecule has 2 heterocycles. The van der Waals surface area contributed by atoms with E-state index in [1.807, 2.05) is 24.3 Å². The second-order valence-corrected chi connectivity index (χ2v) is 7.70. The molecule has 0 bridgehead atoms. The quantitative estimate of drug-likeness (QED) is 0.457. The summed E-state index contributed by atoms with van der Waals surface area (Å²) in [6.45, 7) is -0.0793. The van der Waals surface area contributed by atoms with Crippen molar-refractivity contribution >= 4 is 55.7 Å². The van der Waals surface area contributed by atoms with Crippen LogP contribution in [0.2, 0.25) is 10.0 Å². The predicted molar refractivity (Wildman–Crippen MR) is 107 cm³/mol. The molecule has 0 aliphatic carbocycles. The van der Waals surface area contributed by atoms with Crippen LogP contribution in [0.5, 0.6) is 0 Å². The molecule has 0 N–H and O–H groups in total. The van der Waals surface area contributed by atoms with E-state index in [4.69, 9.17) is 27.9 Å². The number of carbonyl (C=O) groups is 1. The molecule has 8 heteroatoms. The smallest absolute Gasteiger partial charge is 0.310 e. The maximum atomic E-state index is 12.4. The lowest BCUT2D eigenvalue weighted by molar-refractivity contribution is -0.144. The number of benzene rings is 2. The van der Waals surface area contributed by atoms with Gasteiger partial charge in [-0.1, -0.05) is 52.7 Å². The maximum Gasteiger partial charge on any atom is 0.310 e. The van der Waals surface area contributed by atoms with E-state index in [9.17, 15) is 9.59 Å². The molecule has 0 aliphatic heterocycles. The number of rotatable bonds is 4. The molecule has 4 rings (SSSR count). The Morgan fingerprint density at radius 1 is 1.15 bits per heavy atom. The molecule has 5 nitrogen and oxygen atoms in total. The van der Waals surface area contributed by atoms with Crippen LogP contribution < -0.4 is 5.56 Å². The van der Waals surface area contributed by atoms with Crippen molar-refractivity contribution in [2.75, 3.05) is 0 Å². The molecule has 0 amide bonds. The zero-order chi connectivity index (χ0) is 19.0. The first kappa shape index (κ1) is 18.0. The minimum Gasteiger partial charge on any atom is -0.459 e. The Morgan fingerprint density at radius 3 is 2.78 bits per heavy atom. The number of aromatic nitrogens is 2. The summed E-state index contributed by atoms with van der Waals surface area (Å²) >= 11 is 13.3. The summed E-state index contributed by atoms with van der Waals surface area (Å²) in [5.74, 6) is -0.461. The van der Waals surface area contributed by atoms with E-state index < -0.39 is 5.97 Å². The standard InChI is InChI=1S/C19H12Cl2N2O3S/c20-12-6-5-11(14(21)8-12)7-18(25)26-10-13-9-17(24)23-15-3-1-2-4-16(15)27-19(23)22-13/h1-6,8-9H,7,10H2.